The lowest BCUT2D eigenvalue weighted by Gasteiger charge is -2.27. The molecule has 1 N–H and O–H groups in total. The van der Waals surface area contributed by atoms with Gasteiger partial charge in [0.05, 0.1) is 24.0 Å². The summed E-state index contributed by atoms with van der Waals surface area (Å²) in [7, 11) is 0. The molecular formula is C24H29ClN4O2. The number of ether oxygens (including phenoxy) is 1. The number of nitrogens with one attached hydrogen (secondary N) is 1. The van der Waals surface area contributed by atoms with Crippen molar-refractivity contribution in [3.05, 3.63) is 70.5 Å². The minimum Gasteiger partial charge on any atom is -0.444 e. The van der Waals surface area contributed by atoms with Crippen LogP contribution < -0.4 is 5.43 Å². The molecule has 2 aliphatic heterocycles. The lowest BCUT2D eigenvalue weighted by atomic mass is 9.98. The number of rotatable bonds is 3. The smallest absolute Gasteiger partial charge is 0.410 e. The number of hydrogen-bond acceptors (Lipinski definition) is 5. The molecule has 2 aliphatic rings. The Morgan fingerprint density at radius 3 is 2.65 bits per heavy atom. The Labute approximate surface area is 188 Å². The third kappa shape index (κ3) is 5.20. The molecule has 1 atom stereocenters. The number of benzene rings is 1. The molecule has 0 spiro atoms. The molecule has 1 aromatic heterocycles. The van der Waals surface area contributed by atoms with Crippen LogP contribution in [-0.2, 0) is 11.3 Å². The number of hydrazine groups is 1. The molecule has 1 amide bonds. The van der Waals surface area contributed by atoms with E-state index in [2.05, 4.69) is 27.6 Å². The zero-order valence-corrected chi connectivity index (χ0v) is 19.0. The van der Waals surface area contributed by atoms with E-state index >= 15 is 0 Å². The van der Waals surface area contributed by atoms with Crippen LogP contribution in [0.1, 0.15) is 44.9 Å². The van der Waals surface area contributed by atoms with Gasteiger partial charge in [-0.05, 0) is 69.0 Å². The summed E-state index contributed by atoms with van der Waals surface area (Å²) < 4.78 is 5.60. The van der Waals surface area contributed by atoms with Crippen molar-refractivity contribution in [2.75, 3.05) is 13.1 Å². The van der Waals surface area contributed by atoms with E-state index in [-0.39, 0.29) is 12.1 Å². The Bertz CT molecular complexity index is 954. The molecule has 0 aliphatic carbocycles. The van der Waals surface area contributed by atoms with Gasteiger partial charge in [0, 0.05) is 24.3 Å². The summed E-state index contributed by atoms with van der Waals surface area (Å²) in [5.74, 6) is 0. The molecule has 4 rings (SSSR count). The second-order valence-electron chi connectivity index (χ2n) is 8.98. The van der Waals surface area contributed by atoms with E-state index in [4.69, 9.17) is 16.3 Å². The van der Waals surface area contributed by atoms with Gasteiger partial charge in [-0.1, -0.05) is 29.8 Å². The second kappa shape index (κ2) is 8.89. The van der Waals surface area contributed by atoms with Gasteiger partial charge in [0.1, 0.15) is 5.60 Å². The van der Waals surface area contributed by atoms with E-state index in [1.54, 1.807) is 0 Å². The minimum absolute atomic E-state index is 0.168. The van der Waals surface area contributed by atoms with E-state index in [1.165, 1.54) is 5.57 Å². The van der Waals surface area contributed by atoms with Crippen LogP contribution in [0.3, 0.4) is 0 Å². The number of aromatic nitrogens is 1. The molecule has 1 fully saturated rings. The van der Waals surface area contributed by atoms with E-state index in [9.17, 15) is 4.79 Å². The topological polar surface area (TPSA) is 57.7 Å². The zero-order chi connectivity index (χ0) is 22.0. The van der Waals surface area contributed by atoms with Crippen molar-refractivity contribution in [3.63, 3.8) is 0 Å². The third-order valence-corrected chi connectivity index (χ3v) is 5.71. The van der Waals surface area contributed by atoms with Gasteiger partial charge in [0.15, 0.2) is 0 Å². The van der Waals surface area contributed by atoms with Gasteiger partial charge in [-0.2, -0.15) is 0 Å². The molecule has 7 heteroatoms. The molecule has 2 aromatic rings. The lowest BCUT2D eigenvalue weighted by Crippen LogP contribution is -2.40. The molecule has 164 valence electrons. The van der Waals surface area contributed by atoms with Crippen LogP contribution in [0.15, 0.2) is 54.2 Å². The first kappa shape index (κ1) is 21.7. The van der Waals surface area contributed by atoms with Gasteiger partial charge >= 0.3 is 6.09 Å². The quantitative estimate of drug-likeness (QED) is 0.738. The number of halogens is 1. The summed E-state index contributed by atoms with van der Waals surface area (Å²) in [6, 6.07) is 14.1. The van der Waals surface area contributed by atoms with E-state index in [0.29, 0.717) is 24.7 Å². The zero-order valence-electron chi connectivity index (χ0n) is 18.3. The average Bonchev–Trinajstić information content (AvgIpc) is 2.91. The molecule has 6 nitrogen and oxygen atoms in total. The van der Waals surface area contributed by atoms with E-state index in [1.807, 2.05) is 62.2 Å². The highest BCUT2D eigenvalue weighted by molar-refractivity contribution is 6.30. The van der Waals surface area contributed by atoms with Gasteiger partial charge < -0.3 is 14.6 Å². The molecule has 0 radical (unpaired) electrons. The molecule has 31 heavy (non-hydrogen) atoms. The van der Waals surface area contributed by atoms with Gasteiger partial charge in [-0.15, -0.1) is 0 Å². The summed E-state index contributed by atoms with van der Waals surface area (Å²) in [4.78, 5) is 18.9. The number of carbonyl (C=O) groups is 1. The first-order valence-electron chi connectivity index (χ1n) is 10.7. The predicted octanol–water partition coefficient (Wildman–Crippen LogP) is 4.87. The highest BCUT2D eigenvalue weighted by Crippen LogP contribution is 2.36. The van der Waals surface area contributed by atoms with Crippen molar-refractivity contribution >= 4 is 23.4 Å². The number of pyridine rings is 1. The number of nitrogens with zero attached hydrogens (tertiary/aromatic N) is 3. The van der Waals surface area contributed by atoms with Crippen molar-refractivity contribution in [2.24, 2.45) is 0 Å². The van der Waals surface area contributed by atoms with Crippen molar-refractivity contribution in [1.29, 1.82) is 0 Å². The normalized spacial score (nSPS) is 19.3. The van der Waals surface area contributed by atoms with Crippen LogP contribution in [0.2, 0.25) is 5.02 Å². The molecule has 0 saturated carbocycles. The highest BCUT2D eigenvalue weighted by atomic mass is 35.5. The average molecular weight is 441 g/mol. The Morgan fingerprint density at radius 2 is 1.97 bits per heavy atom. The summed E-state index contributed by atoms with van der Waals surface area (Å²) in [6.07, 6.45) is 3.18. The summed E-state index contributed by atoms with van der Waals surface area (Å²) >= 11 is 6.14. The van der Waals surface area contributed by atoms with Crippen LogP contribution in [0.25, 0.3) is 5.70 Å². The largest absolute Gasteiger partial charge is 0.444 e. The van der Waals surface area contributed by atoms with Crippen LogP contribution in [0.5, 0.6) is 0 Å². The van der Waals surface area contributed by atoms with Gasteiger partial charge in [0.2, 0.25) is 0 Å². The maximum absolute atomic E-state index is 12.6. The summed E-state index contributed by atoms with van der Waals surface area (Å²) in [6.45, 7) is 7.65. The Morgan fingerprint density at radius 1 is 1.19 bits per heavy atom. The Kier molecular flexibility index (Phi) is 6.21. The Balaban J connectivity index is 1.61. The molecular weight excluding hydrogens is 412 g/mol. The standard InChI is InChI=1S/C24H29ClN4O2/c1-24(2,3)31-23(30)28-14-11-20-21(12-15-28)27-29(16-19-6-4-5-13-26-19)22(20)17-7-9-18(25)10-8-17/h4-10,13,21,27H,11-12,14-16H2,1-3H3. The lowest BCUT2D eigenvalue weighted by molar-refractivity contribution is 0.0255. The van der Waals surface area contributed by atoms with Crippen LogP contribution in [0, 0.1) is 0 Å². The van der Waals surface area contributed by atoms with Crippen molar-refractivity contribution < 1.29 is 9.53 Å². The van der Waals surface area contributed by atoms with Crippen LogP contribution >= 0.6 is 11.6 Å². The molecule has 1 aromatic carbocycles. The van der Waals surface area contributed by atoms with Gasteiger partial charge in [0.25, 0.3) is 0 Å². The minimum atomic E-state index is -0.495. The summed E-state index contributed by atoms with van der Waals surface area (Å²) in [5.41, 5.74) is 7.73. The first-order chi connectivity index (χ1) is 14.8. The van der Waals surface area contributed by atoms with Crippen molar-refractivity contribution in [3.8, 4) is 0 Å². The number of amides is 1. The maximum atomic E-state index is 12.6. The van der Waals surface area contributed by atoms with Crippen LogP contribution in [0.4, 0.5) is 4.79 Å². The van der Waals surface area contributed by atoms with Crippen LogP contribution in [-0.4, -0.2) is 45.7 Å². The Hall–Kier alpha value is -2.57. The second-order valence-corrected chi connectivity index (χ2v) is 9.41. The molecule has 3 heterocycles. The number of carbonyl (C=O) groups excluding carboxylic acids is 1. The molecule has 1 saturated heterocycles. The number of likely N-dealkylation sites (tertiary alicyclic amines) is 1. The predicted molar refractivity (Wildman–Crippen MR) is 122 cm³/mol. The fourth-order valence-electron chi connectivity index (χ4n) is 4.09. The van der Waals surface area contributed by atoms with Crippen molar-refractivity contribution in [2.45, 2.75) is 51.8 Å². The molecule has 0 bridgehead atoms. The van der Waals surface area contributed by atoms with Gasteiger partial charge in [-0.3, -0.25) is 4.98 Å². The fraction of sp³-hybridized carbons (Fsp3) is 0.417. The highest BCUT2D eigenvalue weighted by Gasteiger charge is 2.35. The summed E-state index contributed by atoms with van der Waals surface area (Å²) in [5, 5.41) is 2.90. The van der Waals surface area contributed by atoms with Crippen molar-refractivity contribution in [1.82, 2.24) is 20.3 Å². The van der Waals surface area contributed by atoms with E-state index < -0.39 is 5.60 Å². The maximum Gasteiger partial charge on any atom is 0.410 e. The SMILES string of the molecule is CC(C)(C)OC(=O)N1CCC2=C(c3ccc(Cl)cc3)N(Cc3ccccn3)NC2CC1. The molecule has 1 unspecified atom stereocenters. The first-order valence-corrected chi connectivity index (χ1v) is 11.1. The fourth-order valence-corrected chi connectivity index (χ4v) is 4.21. The third-order valence-electron chi connectivity index (χ3n) is 5.46. The van der Waals surface area contributed by atoms with Gasteiger partial charge in [-0.25, -0.2) is 10.2 Å². The van der Waals surface area contributed by atoms with E-state index in [0.717, 1.165) is 29.8 Å². The number of hydrogen-bond donors (Lipinski definition) is 1. The number of fused-ring (bicyclic) bond motifs is 1. The monoisotopic (exact) mass is 440 g/mol.